The predicted octanol–water partition coefficient (Wildman–Crippen LogP) is 2.58. The van der Waals surface area contributed by atoms with Crippen molar-refractivity contribution in [1.29, 1.82) is 0 Å². The van der Waals surface area contributed by atoms with Crippen molar-refractivity contribution in [2.24, 2.45) is 0 Å². The fourth-order valence-electron chi connectivity index (χ4n) is 1.24. The number of hydrogen-bond donors (Lipinski definition) is 2. The maximum Gasteiger partial charge on any atom is 0.420 e. The highest BCUT2D eigenvalue weighted by molar-refractivity contribution is 9.10. The first-order valence-electron chi connectivity index (χ1n) is 4.55. The lowest BCUT2D eigenvalue weighted by Crippen LogP contribution is -2.19. The molecule has 0 aromatic heterocycles. The lowest BCUT2D eigenvalue weighted by Gasteiger charge is -2.12. The van der Waals surface area contributed by atoms with Crippen LogP contribution in [0.25, 0.3) is 0 Å². The molecule has 0 amide bonds. The fraction of sp³-hybridized carbons (Fsp3) is 0.300. The molecule has 2 N–H and O–H groups in total. The zero-order chi connectivity index (χ0) is 13.2. The first-order valence-corrected chi connectivity index (χ1v) is 5.34. The summed E-state index contributed by atoms with van der Waals surface area (Å²) in [5.41, 5.74) is -1.34. The van der Waals surface area contributed by atoms with E-state index in [4.69, 9.17) is 0 Å². The molecule has 0 spiro atoms. The van der Waals surface area contributed by atoms with Gasteiger partial charge in [0.15, 0.2) is 5.78 Å². The number of phenolic OH excluding ortho intramolecular Hbond substituents is 1. The van der Waals surface area contributed by atoms with E-state index in [2.05, 4.69) is 21.2 Å². The number of phenols is 1. The molecule has 0 fully saturated rings. The van der Waals surface area contributed by atoms with E-state index in [0.717, 1.165) is 6.07 Å². The summed E-state index contributed by atoms with van der Waals surface area (Å²) in [5, 5.41) is 11.8. The van der Waals surface area contributed by atoms with Gasteiger partial charge in [0.25, 0.3) is 0 Å². The summed E-state index contributed by atoms with van der Waals surface area (Å²) in [6.07, 6.45) is -4.71. The summed E-state index contributed by atoms with van der Waals surface area (Å²) >= 11 is 2.79. The van der Waals surface area contributed by atoms with E-state index in [0.29, 0.717) is 6.07 Å². The van der Waals surface area contributed by atoms with Crippen molar-refractivity contribution in [3.63, 3.8) is 0 Å². The van der Waals surface area contributed by atoms with Crippen molar-refractivity contribution in [3.8, 4) is 5.75 Å². The smallest absolute Gasteiger partial charge is 0.420 e. The van der Waals surface area contributed by atoms with Crippen LogP contribution in [0, 0.1) is 0 Å². The van der Waals surface area contributed by atoms with Crippen LogP contribution in [0.1, 0.15) is 15.9 Å². The number of carbonyl (C=O) groups excluding carboxylic acids is 1. The van der Waals surface area contributed by atoms with Crippen LogP contribution in [0.2, 0.25) is 0 Å². The second kappa shape index (κ2) is 5.05. The molecule has 1 aromatic carbocycles. The number of aromatic hydroxyl groups is 1. The minimum atomic E-state index is -4.71. The molecular weight excluding hydrogens is 303 g/mol. The fourth-order valence-corrected chi connectivity index (χ4v) is 1.70. The molecule has 94 valence electrons. The molecule has 17 heavy (non-hydrogen) atoms. The van der Waals surface area contributed by atoms with Gasteiger partial charge in [0, 0.05) is 5.56 Å². The molecular formula is C10H9BrF3NO2. The maximum atomic E-state index is 12.6. The van der Waals surface area contributed by atoms with Crippen LogP contribution in [0.15, 0.2) is 16.6 Å². The first kappa shape index (κ1) is 14.0. The molecule has 0 bridgehead atoms. The topological polar surface area (TPSA) is 49.3 Å². The van der Waals surface area contributed by atoms with Gasteiger partial charge in [0.05, 0.1) is 16.6 Å². The van der Waals surface area contributed by atoms with E-state index in [1.54, 1.807) is 0 Å². The monoisotopic (exact) mass is 311 g/mol. The number of likely N-dealkylation sites (N-methyl/N-ethyl adjacent to an activating group) is 1. The number of ketones is 1. The molecule has 0 saturated carbocycles. The molecule has 0 saturated heterocycles. The van der Waals surface area contributed by atoms with Gasteiger partial charge in [-0.2, -0.15) is 13.2 Å². The van der Waals surface area contributed by atoms with Crippen LogP contribution in [-0.4, -0.2) is 24.5 Å². The Bertz CT molecular complexity index is 446. The van der Waals surface area contributed by atoms with Gasteiger partial charge in [-0.3, -0.25) is 4.79 Å². The quantitative estimate of drug-likeness (QED) is 0.844. The summed E-state index contributed by atoms with van der Waals surface area (Å²) in [6.45, 7) is -0.0749. The predicted molar refractivity (Wildman–Crippen MR) is 59.1 cm³/mol. The Labute approximate surface area is 104 Å². The summed E-state index contributed by atoms with van der Waals surface area (Å²) in [5.74, 6) is -1.41. The Kier molecular flexibility index (Phi) is 4.16. The lowest BCUT2D eigenvalue weighted by molar-refractivity contribution is -0.138. The Balaban J connectivity index is 3.29. The third kappa shape index (κ3) is 3.19. The number of halogens is 4. The number of Topliss-reactive ketones (excluding diaryl/α,β-unsaturated/α-hetero) is 1. The molecule has 1 rings (SSSR count). The minimum absolute atomic E-state index is 0.0749. The third-order valence-corrected chi connectivity index (χ3v) is 2.63. The van der Waals surface area contributed by atoms with Crippen LogP contribution < -0.4 is 5.32 Å². The Morgan fingerprint density at radius 3 is 2.53 bits per heavy atom. The largest absolute Gasteiger partial charge is 0.506 e. The van der Waals surface area contributed by atoms with Crippen molar-refractivity contribution in [2.75, 3.05) is 13.6 Å². The molecule has 3 nitrogen and oxygen atoms in total. The van der Waals surface area contributed by atoms with Crippen molar-refractivity contribution in [1.82, 2.24) is 5.32 Å². The van der Waals surface area contributed by atoms with E-state index < -0.39 is 23.3 Å². The standard InChI is InChI=1S/C10H9BrF3NO2/c1-15-4-8(16)5-2-6(10(12,13)14)9(17)7(11)3-5/h2-3,15,17H,4H2,1H3. The van der Waals surface area contributed by atoms with Crippen molar-refractivity contribution in [2.45, 2.75) is 6.18 Å². The van der Waals surface area contributed by atoms with E-state index >= 15 is 0 Å². The van der Waals surface area contributed by atoms with Crippen molar-refractivity contribution < 1.29 is 23.1 Å². The SMILES string of the molecule is CNCC(=O)c1cc(Br)c(O)c(C(F)(F)F)c1. The van der Waals surface area contributed by atoms with Crippen LogP contribution in [0.3, 0.4) is 0 Å². The molecule has 7 heteroatoms. The molecule has 0 atom stereocenters. The molecule has 0 aliphatic rings. The van der Waals surface area contributed by atoms with E-state index in [1.807, 2.05) is 0 Å². The van der Waals surface area contributed by atoms with Crippen LogP contribution in [0.4, 0.5) is 13.2 Å². The molecule has 0 aliphatic carbocycles. The van der Waals surface area contributed by atoms with Crippen molar-refractivity contribution in [3.05, 3.63) is 27.7 Å². The lowest BCUT2D eigenvalue weighted by atomic mass is 10.1. The zero-order valence-electron chi connectivity index (χ0n) is 8.73. The normalized spacial score (nSPS) is 11.6. The summed E-state index contributed by atoms with van der Waals surface area (Å²) < 4.78 is 37.5. The van der Waals surface area contributed by atoms with Gasteiger partial charge < -0.3 is 10.4 Å². The van der Waals surface area contributed by atoms with Gasteiger partial charge >= 0.3 is 6.18 Å². The summed E-state index contributed by atoms with van der Waals surface area (Å²) in [7, 11) is 1.51. The number of rotatable bonds is 3. The third-order valence-electron chi connectivity index (χ3n) is 2.03. The molecule has 1 aromatic rings. The Morgan fingerprint density at radius 1 is 1.47 bits per heavy atom. The average molecular weight is 312 g/mol. The average Bonchev–Trinajstić information content (AvgIpc) is 2.20. The van der Waals surface area contributed by atoms with Crippen molar-refractivity contribution >= 4 is 21.7 Å². The van der Waals surface area contributed by atoms with Gasteiger partial charge in [-0.1, -0.05) is 0 Å². The molecule has 0 radical (unpaired) electrons. The van der Waals surface area contributed by atoms with Gasteiger partial charge in [0.1, 0.15) is 5.75 Å². The molecule has 0 heterocycles. The Morgan fingerprint density at radius 2 is 2.06 bits per heavy atom. The van der Waals surface area contributed by atoms with Crippen LogP contribution in [-0.2, 0) is 6.18 Å². The number of alkyl halides is 3. The van der Waals surface area contributed by atoms with Gasteiger partial charge in [0.2, 0.25) is 0 Å². The maximum absolute atomic E-state index is 12.6. The second-order valence-corrected chi connectivity index (χ2v) is 4.16. The van der Waals surface area contributed by atoms with Crippen LogP contribution in [0.5, 0.6) is 5.75 Å². The first-order chi connectivity index (χ1) is 7.77. The summed E-state index contributed by atoms with van der Waals surface area (Å²) in [4.78, 5) is 11.5. The van der Waals surface area contributed by atoms with Crippen LogP contribution >= 0.6 is 15.9 Å². The van der Waals surface area contributed by atoms with E-state index in [1.165, 1.54) is 7.05 Å². The van der Waals surface area contributed by atoms with E-state index in [9.17, 15) is 23.1 Å². The number of benzene rings is 1. The van der Waals surface area contributed by atoms with Gasteiger partial charge in [-0.05, 0) is 35.1 Å². The molecule has 0 unspecified atom stereocenters. The Hall–Kier alpha value is -1.08. The highest BCUT2D eigenvalue weighted by Crippen LogP contribution is 2.40. The zero-order valence-corrected chi connectivity index (χ0v) is 10.3. The van der Waals surface area contributed by atoms with Gasteiger partial charge in [-0.25, -0.2) is 0 Å². The number of hydrogen-bond acceptors (Lipinski definition) is 3. The highest BCUT2D eigenvalue weighted by Gasteiger charge is 2.35. The number of nitrogens with one attached hydrogen (secondary N) is 1. The van der Waals surface area contributed by atoms with Gasteiger partial charge in [-0.15, -0.1) is 0 Å². The van der Waals surface area contributed by atoms with E-state index in [-0.39, 0.29) is 16.6 Å². The highest BCUT2D eigenvalue weighted by atomic mass is 79.9. The number of carbonyl (C=O) groups is 1. The second-order valence-electron chi connectivity index (χ2n) is 3.31. The summed E-state index contributed by atoms with van der Waals surface area (Å²) in [6, 6.07) is 1.80. The molecule has 0 aliphatic heterocycles. The minimum Gasteiger partial charge on any atom is -0.506 e.